The molecule has 0 aromatic heterocycles. The van der Waals surface area contributed by atoms with Gasteiger partial charge in [0.15, 0.2) is 6.10 Å². The average molecular weight is 341 g/mol. The summed E-state index contributed by atoms with van der Waals surface area (Å²) < 4.78 is 31.8. The molecular formula is C12H14Cl2O5S. The first-order valence-corrected chi connectivity index (χ1v) is 8.14. The molecule has 2 unspecified atom stereocenters. The Kier molecular flexibility index (Phi) is 5.82. The number of carbonyl (C=O) groups is 1. The quantitative estimate of drug-likeness (QED) is 0.608. The van der Waals surface area contributed by atoms with Gasteiger partial charge in [-0.15, -0.1) is 0 Å². The van der Waals surface area contributed by atoms with Gasteiger partial charge in [0.25, 0.3) is 10.1 Å². The van der Waals surface area contributed by atoms with E-state index < -0.39 is 28.1 Å². The fourth-order valence-corrected chi connectivity index (χ4v) is 2.53. The van der Waals surface area contributed by atoms with E-state index in [1.165, 1.54) is 0 Å². The van der Waals surface area contributed by atoms with Gasteiger partial charge in [0.1, 0.15) is 0 Å². The maximum Gasteiger partial charge on any atom is 0.337 e. The van der Waals surface area contributed by atoms with Crippen LogP contribution in [-0.2, 0) is 23.8 Å². The van der Waals surface area contributed by atoms with Gasteiger partial charge in [0, 0.05) is 5.92 Å². The van der Waals surface area contributed by atoms with Crippen LogP contribution in [-0.4, -0.2) is 33.9 Å². The first-order chi connectivity index (χ1) is 9.15. The predicted molar refractivity (Wildman–Crippen MR) is 76.6 cm³/mol. The van der Waals surface area contributed by atoms with E-state index in [0.29, 0.717) is 15.6 Å². The first kappa shape index (κ1) is 17.2. The molecule has 0 spiro atoms. The van der Waals surface area contributed by atoms with Crippen molar-refractivity contribution >= 4 is 39.3 Å². The van der Waals surface area contributed by atoms with Gasteiger partial charge in [-0.2, -0.15) is 8.42 Å². The largest absolute Gasteiger partial charge is 0.467 e. The highest BCUT2D eigenvalue weighted by molar-refractivity contribution is 7.86. The van der Waals surface area contributed by atoms with Crippen LogP contribution in [0.1, 0.15) is 18.4 Å². The minimum Gasteiger partial charge on any atom is -0.467 e. The number of carbonyl (C=O) groups excluding carboxylic acids is 1. The van der Waals surface area contributed by atoms with Crippen LogP contribution < -0.4 is 0 Å². The van der Waals surface area contributed by atoms with Gasteiger partial charge in [0.2, 0.25) is 0 Å². The van der Waals surface area contributed by atoms with Crippen molar-refractivity contribution in [3.05, 3.63) is 33.8 Å². The highest BCUT2D eigenvalue weighted by Gasteiger charge is 2.32. The normalized spacial score (nSPS) is 14.7. The number of ether oxygens (including phenoxy) is 1. The van der Waals surface area contributed by atoms with E-state index in [9.17, 15) is 13.2 Å². The van der Waals surface area contributed by atoms with E-state index in [0.717, 1.165) is 13.4 Å². The van der Waals surface area contributed by atoms with Crippen LogP contribution in [0.4, 0.5) is 0 Å². The lowest BCUT2D eigenvalue weighted by Crippen LogP contribution is -2.33. The SMILES string of the molecule is COC(=O)C(OS(C)(=O)=O)C(C)c1ccc(Cl)c(Cl)c1. The summed E-state index contributed by atoms with van der Waals surface area (Å²) in [6, 6.07) is 4.75. The van der Waals surface area contributed by atoms with E-state index in [-0.39, 0.29) is 0 Å². The molecule has 2 atom stereocenters. The van der Waals surface area contributed by atoms with E-state index in [1.807, 2.05) is 0 Å². The Morgan fingerprint density at radius 3 is 2.30 bits per heavy atom. The molecule has 5 nitrogen and oxygen atoms in total. The van der Waals surface area contributed by atoms with Gasteiger partial charge >= 0.3 is 5.97 Å². The van der Waals surface area contributed by atoms with Gasteiger partial charge in [-0.25, -0.2) is 4.79 Å². The van der Waals surface area contributed by atoms with Crippen LogP contribution in [0.5, 0.6) is 0 Å². The zero-order chi connectivity index (χ0) is 15.5. The molecule has 0 bridgehead atoms. The first-order valence-electron chi connectivity index (χ1n) is 5.56. The summed E-state index contributed by atoms with van der Waals surface area (Å²) in [5.41, 5.74) is 0.610. The second kappa shape index (κ2) is 6.76. The van der Waals surface area contributed by atoms with Crippen LogP contribution in [0.25, 0.3) is 0 Å². The Morgan fingerprint density at radius 2 is 1.85 bits per heavy atom. The fraction of sp³-hybridized carbons (Fsp3) is 0.417. The maximum atomic E-state index is 11.7. The van der Waals surface area contributed by atoms with Crippen LogP contribution in [0.15, 0.2) is 18.2 Å². The third kappa shape index (κ3) is 4.63. The van der Waals surface area contributed by atoms with Crippen molar-refractivity contribution in [2.75, 3.05) is 13.4 Å². The van der Waals surface area contributed by atoms with Crippen molar-refractivity contribution in [1.29, 1.82) is 0 Å². The number of hydrogen-bond donors (Lipinski definition) is 0. The zero-order valence-electron chi connectivity index (χ0n) is 11.1. The Labute approximate surface area is 127 Å². The topological polar surface area (TPSA) is 69.7 Å². The Hall–Kier alpha value is -0.820. The van der Waals surface area contributed by atoms with Crippen molar-refractivity contribution in [1.82, 2.24) is 0 Å². The average Bonchev–Trinajstić information content (AvgIpc) is 2.36. The minimum absolute atomic E-state index is 0.305. The van der Waals surface area contributed by atoms with Gasteiger partial charge < -0.3 is 4.74 Å². The number of benzene rings is 1. The fourth-order valence-electron chi connectivity index (χ4n) is 1.60. The van der Waals surface area contributed by atoms with Crippen molar-refractivity contribution in [2.45, 2.75) is 18.9 Å². The Bertz CT molecular complexity index is 600. The molecular weight excluding hydrogens is 327 g/mol. The minimum atomic E-state index is -3.81. The second-order valence-corrected chi connectivity index (χ2v) is 6.62. The molecule has 0 saturated carbocycles. The summed E-state index contributed by atoms with van der Waals surface area (Å²) in [6.45, 7) is 1.63. The number of methoxy groups -OCH3 is 1. The highest BCUT2D eigenvalue weighted by Crippen LogP contribution is 2.29. The summed E-state index contributed by atoms with van der Waals surface area (Å²) in [4.78, 5) is 11.7. The number of halogens is 2. The molecule has 0 saturated heterocycles. The smallest absolute Gasteiger partial charge is 0.337 e. The monoisotopic (exact) mass is 340 g/mol. The third-order valence-corrected chi connectivity index (χ3v) is 3.93. The van der Waals surface area contributed by atoms with E-state index in [2.05, 4.69) is 4.74 Å². The maximum absolute atomic E-state index is 11.7. The zero-order valence-corrected chi connectivity index (χ0v) is 13.4. The van der Waals surface area contributed by atoms with Gasteiger partial charge in [-0.05, 0) is 17.7 Å². The third-order valence-electron chi connectivity index (χ3n) is 2.64. The van der Waals surface area contributed by atoms with Gasteiger partial charge in [-0.3, -0.25) is 4.18 Å². The van der Waals surface area contributed by atoms with Crippen molar-refractivity contribution in [2.24, 2.45) is 0 Å². The molecule has 0 heterocycles. The van der Waals surface area contributed by atoms with Crippen LogP contribution >= 0.6 is 23.2 Å². The van der Waals surface area contributed by atoms with E-state index in [4.69, 9.17) is 27.4 Å². The lowest BCUT2D eigenvalue weighted by Gasteiger charge is -2.21. The summed E-state index contributed by atoms with van der Waals surface area (Å²) in [7, 11) is -2.65. The standard InChI is InChI=1S/C12H14Cl2O5S/c1-7(8-4-5-9(13)10(14)6-8)11(12(15)18-2)19-20(3,16)17/h4-7,11H,1-3H3. The van der Waals surface area contributed by atoms with Crippen molar-refractivity contribution in [3.8, 4) is 0 Å². The van der Waals surface area contributed by atoms with Crippen LogP contribution in [0, 0.1) is 0 Å². The van der Waals surface area contributed by atoms with Crippen molar-refractivity contribution in [3.63, 3.8) is 0 Å². The molecule has 0 amide bonds. The molecule has 1 aromatic rings. The summed E-state index contributed by atoms with van der Waals surface area (Å²) in [5, 5.41) is 0.667. The molecule has 0 fully saturated rings. The predicted octanol–water partition coefficient (Wildman–Crippen LogP) is 2.61. The van der Waals surface area contributed by atoms with Crippen molar-refractivity contribution < 1.29 is 22.1 Å². The van der Waals surface area contributed by atoms with Crippen LogP contribution in [0.2, 0.25) is 10.0 Å². The highest BCUT2D eigenvalue weighted by atomic mass is 35.5. The molecule has 112 valence electrons. The van der Waals surface area contributed by atoms with E-state index >= 15 is 0 Å². The van der Waals surface area contributed by atoms with E-state index in [1.54, 1.807) is 25.1 Å². The Morgan fingerprint density at radius 1 is 1.25 bits per heavy atom. The molecule has 1 rings (SSSR count). The molecule has 0 aliphatic carbocycles. The van der Waals surface area contributed by atoms with Gasteiger partial charge in [-0.1, -0.05) is 36.2 Å². The number of hydrogen-bond acceptors (Lipinski definition) is 5. The lowest BCUT2D eigenvalue weighted by molar-refractivity contribution is -0.149. The van der Waals surface area contributed by atoms with Crippen LogP contribution in [0.3, 0.4) is 0 Å². The molecule has 1 aromatic carbocycles. The number of esters is 1. The summed E-state index contributed by atoms with van der Waals surface area (Å²) in [6.07, 6.45) is -0.419. The molecule has 0 aliphatic heterocycles. The molecule has 8 heteroatoms. The summed E-state index contributed by atoms with van der Waals surface area (Å²) in [5.74, 6) is -1.36. The summed E-state index contributed by atoms with van der Waals surface area (Å²) >= 11 is 11.7. The number of rotatable bonds is 5. The molecule has 0 aliphatic rings. The lowest BCUT2D eigenvalue weighted by atomic mass is 9.95. The second-order valence-electron chi connectivity index (χ2n) is 4.21. The molecule has 0 radical (unpaired) electrons. The molecule has 0 N–H and O–H groups in total. The Balaban J connectivity index is 3.12. The van der Waals surface area contributed by atoms with Gasteiger partial charge in [0.05, 0.1) is 23.4 Å². The molecule has 20 heavy (non-hydrogen) atoms.